The van der Waals surface area contributed by atoms with Crippen molar-refractivity contribution in [3.05, 3.63) is 71.5 Å². The molecule has 1 N–H and O–H groups in total. The molecule has 5 heteroatoms. The first-order chi connectivity index (χ1) is 13.1. The van der Waals surface area contributed by atoms with E-state index in [0.717, 1.165) is 24.8 Å². The molecule has 0 radical (unpaired) electrons. The van der Waals surface area contributed by atoms with Gasteiger partial charge in [0.05, 0.1) is 0 Å². The summed E-state index contributed by atoms with van der Waals surface area (Å²) in [5, 5.41) is 2.72. The highest BCUT2D eigenvalue weighted by Crippen LogP contribution is 2.22. The first-order valence-corrected chi connectivity index (χ1v) is 9.43. The predicted octanol–water partition coefficient (Wildman–Crippen LogP) is 3.31. The Balaban J connectivity index is 1.38. The van der Waals surface area contributed by atoms with Crippen LogP contribution in [-0.2, 0) is 22.6 Å². The summed E-state index contributed by atoms with van der Waals surface area (Å²) in [7, 11) is 0. The maximum atomic E-state index is 12.9. The summed E-state index contributed by atoms with van der Waals surface area (Å²) >= 11 is 0. The van der Waals surface area contributed by atoms with Crippen molar-refractivity contribution in [2.24, 2.45) is 5.92 Å². The van der Waals surface area contributed by atoms with Gasteiger partial charge in [-0.2, -0.15) is 0 Å². The lowest BCUT2D eigenvalue weighted by molar-refractivity contribution is -0.137. The molecule has 1 heterocycles. The molecule has 1 saturated heterocycles. The summed E-state index contributed by atoms with van der Waals surface area (Å²) < 4.78 is 12.9. The summed E-state index contributed by atoms with van der Waals surface area (Å²) in [5.41, 5.74) is 2.14. The fourth-order valence-electron chi connectivity index (χ4n) is 3.45. The van der Waals surface area contributed by atoms with Crippen LogP contribution in [0.5, 0.6) is 0 Å². The Morgan fingerprint density at radius 3 is 2.30 bits per heavy atom. The maximum Gasteiger partial charge on any atom is 0.232 e. The highest BCUT2D eigenvalue weighted by Gasteiger charge is 2.24. The normalized spacial score (nSPS) is 14.8. The van der Waals surface area contributed by atoms with Gasteiger partial charge in [-0.1, -0.05) is 42.5 Å². The molecule has 0 atom stereocenters. The summed E-state index contributed by atoms with van der Waals surface area (Å²) in [6.45, 7) is 1.72. The van der Waals surface area contributed by atoms with Crippen molar-refractivity contribution >= 4 is 11.8 Å². The third-order valence-electron chi connectivity index (χ3n) is 5.05. The van der Waals surface area contributed by atoms with Crippen molar-refractivity contribution in [2.75, 3.05) is 13.1 Å². The number of carbonyl (C=O) groups is 2. The number of piperidine rings is 1. The molecule has 0 saturated carbocycles. The number of rotatable bonds is 6. The van der Waals surface area contributed by atoms with Gasteiger partial charge in [0.2, 0.25) is 11.8 Å². The van der Waals surface area contributed by atoms with Crippen molar-refractivity contribution in [1.29, 1.82) is 0 Å². The lowest BCUT2D eigenvalue weighted by Crippen LogP contribution is -2.41. The van der Waals surface area contributed by atoms with Gasteiger partial charge in [-0.05, 0) is 48.4 Å². The molecule has 0 aromatic heterocycles. The van der Waals surface area contributed by atoms with Crippen LogP contribution in [0.3, 0.4) is 0 Å². The minimum atomic E-state index is -0.309. The number of likely N-dealkylation sites (tertiary alicyclic amines) is 1. The Kier molecular flexibility index (Phi) is 6.58. The largest absolute Gasteiger partial charge is 0.352 e. The van der Waals surface area contributed by atoms with Crippen LogP contribution in [0.1, 0.15) is 30.4 Å². The van der Waals surface area contributed by atoms with Gasteiger partial charge in [0.15, 0.2) is 0 Å². The summed E-state index contributed by atoms with van der Waals surface area (Å²) in [4.78, 5) is 26.1. The Morgan fingerprint density at radius 1 is 0.963 bits per heavy atom. The number of nitrogens with zero attached hydrogens (tertiary/aromatic N) is 1. The first-order valence-electron chi connectivity index (χ1n) is 9.43. The molecule has 2 aromatic carbocycles. The molecule has 2 amide bonds. The van der Waals surface area contributed by atoms with E-state index in [9.17, 15) is 14.0 Å². The number of hydrogen-bond donors (Lipinski definition) is 1. The zero-order valence-electron chi connectivity index (χ0n) is 15.4. The SMILES string of the molecule is O=C(CC(=O)N1CCC(Cc2ccccc2)CC1)NCc1ccc(F)cc1. The van der Waals surface area contributed by atoms with E-state index in [4.69, 9.17) is 0 Å². The Morgan fingerprint density at radius 2 is 1.63 bits per heavy atom. The van der Waals surface area contributed by atoms with Crippen LogP contribution in [0.25, 0.3) is 0 Å². The van der Waals surface area contributed by atoms with Crippen molar-refractivity contribution < 1.29 is 14.0 Å². The maximum absolute atomic E-state index is 12.9. The summed E-state index contributed by atoms with van der Waals surface area (Å²) in [6, 6.07) is 16.4. The molecule has 27 heavy (non-hydrogen) atoms. The number of hydrogen-bond acceptors (Lipinski definition) is 2. The van der Waals surface area contributed by atoms with E-state index in [1.807, 2.05) is 6.07 Å². The molecular weight excluding hydrogens is 343 g/mol. The van der Waals surface area contributed by atoms with Gasteiger partial charge >= 0.3 is 0 Å². The van der Waals surface area contributed by atoms with Crippen LogP contribution in [0.15, 0.2) is 54.6 Å². The molecule has 4 nitrogen and oxygen atoms in total. The van der Waals surface area contributed by atoms with Crippen molar-refractivity contribution in [1.82, 2.24) is 10.2 Å². The Labute approximate surface area is 159 Å². The fourth-order valence-corrected chi connectivity index (χ4v) is 3.45. The molecule has 1 fully saturated rings. The highest BCUT2D eigenvalue weighted by atomic mass is 19.1. The van der Waals surface area contributed by atoms with Gasteiger partial charge in [0.1, 0.15) is 12.2 Å². The Bertz CT molecular complexity index is 754. The smallest absolute Gasteiger partial charge is 0.232 e. The zero-order valence-corrected chi connectivity index (χ0v) is 15.4. The Hall–Kier alpha value is -2.69. The monoisotopic (exact) mass is 368 g/mol. The van der Waals surface area contributed by atoms with Crippen LogP contribution in [0.2, 0.25) is 0 Å². The van der Waals surface area contributed by atoms with Crippen LogP contribution < -0.4 is 5.32 Å². The zero-order chi connectivity index (χ0) is 19.1. The molecule has 142 valence electrons. The third-order valence-corrected chi connectivity index (χ3v) is 5.05. The van der Waals surface area contributed by atoms with Gasteiger partial charge < -0.3 is 10.2 Å². The quantitative estimate of drug-likeness (QED) is 0.796. The van der Waals surface area contributed by atoms with Crippen LogP contribution >= 0.6 is 0 Å². The van der Waals surface area contributed by atoms with Gasteiger partial charge in [-0.25, -0.2) is 4.39 Å². The summed E-state index contributed by atoms with van der Waals surface area (Å²) in [6.07, 6.45) is 2.85. The molecule has 1 aliphatic heterocycles. The van der Waals surface area contributed by atoms with E-state index in [0.29, 0.717) is 25.6 Å². The molecule has 0 bridgehead atoms. The lowest BCUT2D eigenvalue weighted by atomic mass is 9.90. The van der Waals surface area contributed by atoms with E-state index in [1.165, 1.54) is 17.7 Å². The average Bonchev–Trinajstić information content (AvgIpc) is 2.69. The number of halogens is 1. The van der Waals surface area contributed by atoms with Gasteiger partial charge in [0, 0.05) is 19.6 Å². The molecule has 0 unspecified atom stereocenters. The standard InChI is InChI=1S/C22H25FN2O2/c23-20-8-6-19(7-9-20)16-24-21(26)15-22(27)25-12-10-18(11-13-25)14-17-4-2-1-3-5-17/h1-9,18H,10-16H2,(H,24,26). The number of carbonyl (C=O) groups excluding carboxylic acids is 2. The van der Waals surface area contributed by atoms with E-state index in [-0.39, 0.29) is 24.1 Å². The predicted molar refractivity (Wildman–Crippen MR) is 102 cm³/mol. The fraction of sp³-hybridized carbons (Fsp3) is 0.364. The van der Waals surface area contributed by atoms with Crippen molar-refractivity contribution in [2.45, 2.75) is 32.2 Å². The number of benzene rings is 2. The highest BCUT2D eigenvalue weighted by molar-refractivity contribution is 5.96. The van der Waals surface area contributed by atoms with Crippen LogP contribution in [-0.4, -0.2) is 29.8 Å². The molecule has 2 aromatic rings. The van der Waals surface area contributed by atoms with Crippen molar-refractivity contribution in [3.8, 4) is 0 Å². The minimum Gasteiger partial charge on any atom is -0.352 e. The summed E-state index contributed by atoms with van der Waals surface area (Å²) in [5.74, 6) is -0.139. The van der Waals surface area contributed by atoms with Gasteiger partial charge in [-0.3, -0.25) is 9.59 Å². The third kappa shape index (κ3) is 5.91. The van der Waals surface area contributed by atoms with Crippen LogP contribution in [0, 0.1) is 11.7 Å². The molecule has 0 spiro atoms. The average molecular weight is 368 g/mol. The number of nitrogens with one attached hydrogen (secondary N) is 1. The minimum absolute atomic E-state index is 0.121. The first kappa shape index (κ1) is 19.1. The second kappa shape index (κ2) is 9.31. The molecule has 0 aliphatic carbocycles. The van der Waals surface area contributed by atoms with Gasteiger partial charge in [-0.15, -0.1) is 0 Å². The van der Waals surface area contributed by atoms with E-state index in [1.54, 1.807) is 17.0 Å². The van der Waals surface area contributed by atoms with E-state index >= 15 is 0 Å². The van der Waals surface area contributed by atoms with Gasteiger partial charge in [0.25, 0.3) is 0 Å². The lowest BCUT2D eigenvalue weighted by Gasteiger charge is -2.32. The topological polar surface area (TPSA) is 49.4 Å². The second-order valence-electron chi connectivity index (χ2n) is 7.09. The number of amides is 2. The second-order valence-corrected chi connectivity index (χ2v) is 7.09. The molecular formula is C22H25FN2O2. The van der Waals surface area contributed by atoms with Crippen molar-refractivity contribution in [3.63, 3.8) is 0 Å². The molecule has 1 aliphatic rings. The molecule has 3 rings (SSSR count). The van der Waals surface area contributed by atoms with Crippen LogP contribution in [0.4, 0.5) is 4.39 Å². The van der Waals surface area contributed by atoms with E-state index in [2.05, 4.69) is 29.6 Å². The van der Waals surface area contributed by atoms with E-state index < -0.39 is 0 Å².